The van der Waals surface area contributed by atoms with Crippen molar-refractivity contribution in [1.29, 1.82) is 0 Å². The molecule has 0 aromatic heterocycles. The van der Waals surface area contributed by atoms with Crippen LogP contribution in [0.3, 0.4) is 0 Å². The second-order valence-electron chi connectivity index (χ2n) is 6.26. The number of rotatable bonds is 5. The lowest BCUT2D eigenvalue weighted by Gasteiger charge is -2.20. The molecule has 7 nitrogen and oxygen atoms in total. The predicted octanol–water partition coefficient (Wildman–Crippen LogP) is 2.72. The minimum atomic E-state index is -0.877. The van der Waals surface area contributed by atoms with Crippen LogP contribution in [0.4, 0.5) is 10.1 Å². The van der Waals surface area contributed by atoms with Crippen molar-refractivity contribution in [3.05, 3.63) is 59.9 Å². The van der Waals surface area contributed by atoms with Gasteiger partial charge in [0, 0.05) is 0 Å². The second kappa shape index (κ2) is 6.79. The van der Waals surface area contributed by atoms with Crippen molar-refractivity contribution in [2.75, 3.05) is 11.5 Å². The third kappa shape index (κ3) is 3.03. The zero-order chi connectivity index (χ0) is 19.0. The lowest BCUT2D eigenvalue weighted by atomic mass is 10.1. The molecule has 0 N–H and O–H groups in total. The summed E-state index contributed by atoms with van der Waals surface area (Å²) in [4.78, 5) is 26.7. The molecule has 2 amide bonds. The molecule has 2 aliphatic rings. The van der Waals surface area contributed by atoms with Crippen LogP contribution in [0.5, 0.6) is 5.75 Å². The number of ether oxygens (including phenoxy) is 1. The van der Waals surface area contributed by atoms with Crippen molar-refractivity contribution in [2.24, 2.45) is 10.3 Å². The van der Waals surface area contributed by atoms with Crippen molar-refractivity contribution < 1.29 is 18.7 Å². The highest BCUT2D eigenvalue weighted by molar-refractivity contribution is 6.25. The third-order valence-corrected chi connectivity index (χ3v) is 4.50. The Hall–Kier alpha value is -3.29. The maximum atomic E-state index is 13.4. The van der Waals surface area contributed by atoms with E-state index in [0.717, 1.165) is 4.90 Å². The van der Waals surface area contributed by atoms with Crippen LogP contribution in [0.25, 0.3) is 0 Å². The maximum Gasteiger partial charge on any atom is 0.263 e. The fourth-order valence-corrected chi connectivity index (χ4v) is 3.29. The van der Waals surface area contributed by atoms with E-state index < -0.39 is 23.9 Å². The van der Waals surface area contributed by atoms with Gasteiger partial charge in [0.1, 0.15) is 11.6 Å². The van der Waals surface area contributed by atoms with Crippen molar-refractivity contribution in [3.8, 4) is 5.75 Å². The molecule has 2 heterocycles. The van der Waals surface area contributed by atoms with Crippen LogP contribution in [0, 0.1) is 5.82 Å². The van der Waals surface area contributed by atoms with Crippen LogP contribution in [0.2, 0.25) is 0 Å². The first-order chi connectivity index (χ1) is 13.1. The smallest absolute Gasteiger partial charge is 0.263 e. The van der Waals surface area contributed by atoms with E-state index in [4.69, 9.17) is 4.74 Å². The van der Waals surface area contributed by atoms with Crippen LogP contribution in [-0.4, -0.2) is 35.5 Å². The number of imide groups is 1. The summed E-state index contributed by atoms with van der Waals surface area (Å²) in [6.07, 6.45) is 0. The molecule has 8 heteroatoms. The van der Waals surface area contributed by atoms with Gasteiger partial charge in [0.15, 0.2) is 12.1 Å². The third-order valence-electron chi connectivity index (χ3n) is 4.50. The minimum absolute atomic E-state index is 0.193. The number of nitrogens with zero attached hydrogens (tertiary/aromatic N) is 4. The van der Waals surface area contributed by atoms with Gasteiger partial charge < -0.3 is 4.74 Å². The van der Waals surface area contributed by atoms with Crippen LogP contribution in [0.1, 0.15) is 12.5 Å². The number of amides is 2. The minimum Gasteiger partial charge on any atom is -0.494 e. The van der Waals surface area contributed by atoms with E-state index in [1.54, 1.807) is 36.4 Å². The predicted molar refractivity (Wildman–Crippen MR) is 94.5 cm³/mol. The van der Waals surface area contributed by atoms with Crippen LogP contribution in [-0.2, 0) is 16.1 Å². The molecule has 0 unspecified atom stereocenters. The normalized spacial score (nSPS) is 21.1. The Labute approximate surface area is 155 Å². The highest BCUT2D eigenvalue weighted by atomic mass is 19.1. The van der Waals surface area contributed by atoms with E-state index in [2.05, 4.69) is 10.3 Å². The highest BCUT2D eigenvalue weighted by Crippen LogP contribution is 2.33. The summed E-state index contributed by atoms with van der Waals surface area (Å²) in [6, 6.07) is 11.1. The Morgan fingerprint density at radius 1 is 1.11 bits per heavy atom. The van der Waals surface area contributed by atoms with Crippen LogP contribution in [0.15, 0.2) is 58.9 Å². The highest BCUT2D eigenvalue weighted by Gasteiger charge is 2.54. The molecule has 4 rings (SSSR count). The standard InChI is InChI=1S/C19H17FN4O3/c1-2-27-15-8-6-14(7-9-15)24-18(25)16-17(19(24)26)23(22-21-16)11-12-4-3-5-13(20)10-12/h3-10,16-17H,2,11H2,1H3/t16-,17-/m1/s1. The Bertz CT molecular complexity index is 915. The molecule has 1 saturated heterocycles. The van der Waals surface area contributed by atoms with Crippen LogP contribution < -0.4 is 9.64 Å². The molecule has 2 aromatic rings. The average Bonchev–Trinajstić information content (AvgIpc) is 3.17. The summed E-state index contributed by atoms with van der Waals surface area (Å²) in [6.45, 7) is 2.60. The summed E-state index contributed by atoms with van der Waals surface area (Å²) >= 11 is 0. The SMILES string of the molecule is CCOc1ccc(N2C(=O)[C@@H]3N=NN(Cc4cccc(F)c4)[C@H]3C2=O)cc1. The first-order valence-electron chi connectivity index (χ1n) is 8.61. The van der Waals surface area contributed by atoms with E-state index in [1.165, 1.54) is 17.1 Å². The Kier molecular flexibility index (Phi) is 4.31. The van der Waals surface area contributed by atoms with Crippen molar-refractivity contribution in [3.63, 3.8) is 0 Å². The fourth-order valence-electron chi connectivity index (χ4n) is 3.29. The van der Waals surface area contributed by atoms with Gasteiger partial charge in [-0.15, -0.1) is 0 Å². The van der Waals surface area contributed by atoms with E-state index >= 15 is 0 Å². The number of anilines is 1. The number of hydrogen-bond acceptors (Lipinski definition) is 6. The van der Waals surface area contributed by atoms with Gasteiger partial charge in [-0.3, -0.25) is 14.6 Å². The van der Waals surface area contributed by atoms with Gasteiger partial charge >= 0.3 is 0 Å². The largest absolute Gasteiger partial charge is 0.494 e. The van der Waals surface area contributed by atoms with E-state index in [-0.39, 0.29) is 12.4 Å². The zero-order valence-corrected chi connectivity index (χ0v) is 14.6. The molecular weight excluding hydrogens is 351 g/mol. The number of hydrogen-bond donors (Lipinski definition) is 0. The van der Waals surface area contributed by atoms with Gasteiger partial charge in [0.2, 0.25) is 0 Å². The molecule has 0 bridgehead atoms. The molecule has 1 fully saturated rings. The molecule has 0 saturated carbocycles. The molecule has 0 aliphatic carbocycles. The average molecular weight is 368 g/mol. The summed E-state index contributed by atoms with van der Waals surface area (Å²) in [5.41, 5.74) is 1.11. The molecule has 0 spiro atoms. The summed E-state index contributed by atoms with van der Waals surface area (Å²) in [7, 11) is 0. The number of carbonyl (C=O) groups excluding carboxylic acids is 2. The van der Waals surface area contributed by atoms with Crippen molar-refractivity contribution in [2.45, 2.75) is 25.6 Å². The molecular formula is C19H17FN4O3. The lowest BCUT2D eigenvalue weighted by molar-refractivity contribution is -0.123. The first-order valence-corrected chi connectivity index (χ1v) is 8.61. The lowest BCUT2D eigenvalue weighted by Crippen LogP contribution is -2.39. The quantitative estimate of drug-likeness (QED) is 0.761. The number of carbonyl (C=O) groups is 2. The van der Waals surface area contributed by atoms with Gasteiger partial charge in [-0.05, 0) is 48.9 Å². The molecule has 2 aliphatic heterocycles. The number of halogens is 1. The number of fused-ring (bicyclic) bond motifs is 1. The molecule has 138 valence electrons. The van der Waals surface area contributed by atoms with E-state index in [0.29, 0.717) is 23.6 Å². The van der Waals surface area contributed by atoms with Gasteiger partial charge in [0.25, 0.3) is 11.8 Å². The maximum absolute atomic E-state index is 13.4. The van der Waals surface area contributed by atoms with E-state index in [1.807, 2.05) is 6.92 Å². The van der Waals surface area contributed by atoms with Gasteiger partial charge in [-0.1, -0.05) is 17.4 Å². The Morgan fingerprint density at radius 3 is 2.59 bits per heavy atom. The fraction of sp³-hybridized carbons (Fsp3) is 0.263. The summed E-state index contributed by atoms with van der Waals surface area (Å²) < 4.78 is 18.8. The van der Waals surface area contributed by atoms with Gasteiger partial charge in [-0.25, -0.2) is 9.29 Å². The zero-order valence-electron chi connectivity index (χ0n) is 14.6. The first kappa shape index (κ1) is 17.1. The molecule has 2 aromatic carbocycles. The molecule has 27 heavy (non-hydrogen) atoms. The Balaban J connectivity index is 1.56. The summed E-state index contributed by atoms with van der Waals surface area (Å²) in [5, 5.41) is 9.37. The van der Waals surface area contributed by atoms with Gasteiger partial charge in [0.05, 0.1) is 18.8 Å². The number of benzene rings is 2. The Morgan fingerprint density at radius 2 is 1.89 bits per heavy atom. The molecule has 0 radical (unpaired) electrons. The monoisotopic (exact) mass is 368 g/mol. The summed E-state index contributed by atoms with van der Waals surface area (Å²) in [5.74, 6) is -0.520. The van der Waals surface area contributed by atoms with Crippen LogP contribution >= 0.6 is 0 Å². The van der Waals surface area contributed by atoms with Crippen molar-refractivity contribution in [1.82, 2.24) is 5.01 Å². The van der Waals surface area contributed by atoms with Crippen molar-refractivity contribution >= 4 is 17.5 Å². The van der Waals surface area contributed by atoms with E-state index in [9.17, 15) is 14.0 Å². The molecule has 2 atom stereocenters. The topological polar surface area (TPSA) is 74.6 Å². The van der Waals surface area contributed by atoms with Gasteiger partial charge in [-0.2, -0.15) is 5.11 Å². The second-order valence-corrected chi connectivity index (χ2v) is 6.26.